The van der Waals surface area contributed by atoms with Gasteiger partial charge in [0.25, 0.3) is 0 Å². The Balaban J connectivity index is 1.59. The number of thioether (sulfide) groups is 1. The van der Waals surface area contributed by atoms with Gasteiger partial charge in [-0.15, -0.1) is 0 Å². The van der Waals surface area contributed by atoms with Crippen LogP contribution in [0.1, 0.15) is 41.6 Å². The Hall–Kier alpha value is -2.19. The number of aliphatic hydroxyl groups excluding tert-OH is 2. The molecule has 4 N–H and O–H groups in total. The lowest BCUT2D eigenvalue weighted by molar-refractivity contribution is -0.268. The van der Waals surface area contributed by atoms with Gasteiger partial charge in [-0.2, -0.15) is 11.8 Å². The predicted molar refractivity (Wildman–Crippen MR) is 137 cm³/mol. The lowest BCUT2D eigenvalue weighted by Crippen LogP contribution is -2.38. The average Bonchev–Trinajstić information content (AvgIpc) is 2.90. The second kappa shape index (κ2) is 12.0. The Morgan fingerprint density at radius 1 is 0.882 bits per heavy atom. The second-order valence-corrected chi connectivity index (χ2v) is 9.75. The monoisotopic (exact) mass is 479 g/mol. The van der Waals surface area contributed by atoms with Crippen molar-refractivity contribution in [2.75, 3.05) is 18.1 Å². The highest BCUT2D eigenvalue weighted by Gasteiger charge is 2.38. The van der Waals surface area contributed by atoms with Crippen molar-refractivity contribution in [2.24, 2.45) is 11.7 Å². The fraction of sp³-hybridized carbons (Fsp3) is 0.357. The fourth-order valence-electron chi connectivity index (χ4n) is 4.37. The number of aliphatic hydroxyl groups is 2. The van der Waals surface area contributed by atoms with Crippen LogP contribution in [-0.4, -0.2) is 34.4 Å². The lowest BCUT2D eigenvalue weighted by Gasteiger charge is -2.41. The van der Waals surface area contributed by atoms with E-state index < -0.39 is 6.29 Å². The van der Waals surface area contributed by atoms with Gasteiger partial charge in [-0.25, -0.2) is 0 Å². The summed E-state index contributed by atoms with van der Waals surface area (Å²) in [6, 6.07) is 24.4. The Bertz CT molecular complexity index is 1040. The van der Waals surface area contributed by atoms with Crippen LogP contribution in [0.25, 0.3) is 11.1 Å². The largest absolute Gasteiger partial charge is 0.396 e. The fourth-order valence-corrected chi connectivity index (χ4v) is 5.28. The smallest absolute Gasteiger partial charge is 0.184 e. The summed E-state index contributed by atoms with van der Waals surface area (Å²) in [5.74, 6) is 1.61. The number of hydrogen-bond acceptors (Lipinski definition) is 6. The Morgan fingerprint density at radius 2 is 1.59 bits per heavy atom. The first-order chi connectivity index (χ1) is 16.6. The highest BCUT2D eigenvalue weighted by Crippen LogP contribution is 2.42. The summed E-state index contributed by atoms with van der Waals surface area (Å²) in [4.78, 5) is 0. The van der Waals surface area contributed by atoms with Gasteiger partial charge in [0.15, 0.2) is 6.29 Å². The number of benzene rings is 3. The highest BCUT2D eigenvalue weighted by atomic mass is 32.2. The van der Waals surface area contributed by atoms with Crippen LogP contribution >= 0.6 is 11.8 Å². The summed E-state index contributed by atoms with van der Waals surface area (Å²) < 4.78 is 12.9. The third kappa shape index (κ3) is 5.71. The zero-order valence-electron chi connectivity index (χ0n) is 19.5. The van der Waals surface area contributed by atoms with Crippen LogP contribution in [0.2, 0.25) is 0 Å². The molecule has 0 unspecified atom stereocenters. The van der Waals surface area contributed by atoms with E-state index in [0.717, 1.165) is 39.1 Å². The first-order valence-electron chi connectivity index (χ1n) is 11.7. The quantitative estimate of drug-likeness (QED) is 0.382. The molecule has 3 aromatic rings. The van der Waals surface area contributed by atoms with Gasteiger partial charge in [0.05, 0.1) is 25.4 Å². The number of rotatable bonds is 9. The molecular weight excluding hydrogens is 446 g/mol. The van der Waals surface area contributed by atoms with E-state index in [-0.39, 0.29) is 31.3 Å². The summed E-state index contributed by atoms with van der Waals surface area (Å²) in [7, 11) is 0. The third-order valence-corrected chi connectivity index (χ3v) is 7.41. The molecule has 0 aromatic heterocycles. The first kappa shape index (κ1) is 24.9. The average molecular weight is 480 g/mol. The van der Waals surface area contributed by atoms with Gasteiger partial charge in [0.1, 0.15) is 0 Å². The van der Waals surface area contributed by atoms with E-state index in [1.165, 1.54) is 0 Å². The molecule has 0 spiro atoms. The van der Waals surface area contributed by atoms with Gasteiger partial charge in [0.2, 0.25) is 0 Å². The van der Waals surface area contributed by atoms with E-state index in [4.69, 9.17) is 15.2 Å². The van der Waals surface area contributed by atoms with Crippen LogP contribution in [0.4, 0.5) is 0 Å². The van der Waals surface area contributed by atoms with Gasteiger partial charge in [-0.05, 0) is 27.8 Å². The van der Waals surface area contributed by atoms with Crippen LogP contribution in [0, 0.1) is 5.92 Å². The molecule has 0 saturated carbocycles. The molecule has 5 nitrogen and oxygen atoms in total. The number of hydrogen-bond donors (Lipinski definition) is 3. The minimum atomic E-state index is -0.489. The molecular formula is C28H33NO4S. The van der Waals surface area contributed by atoms with Gasteiger partial charge >= 0.3 is 0 Å². The van der Waals surface area contributed by atoms with Crippen molar-refractivity contribution in [3.63, 3.8) is 0 Å². The van der Waals surface area contributed by atoms with Crippen molar-refractivity contribution in [3.8, 4) is 11.1 Å². The van der Waals surface area contributed by atoms with E-state index in [2.05, 4.69) is 43.3 Å². The van der Waals surface area contributed by atoms with Crippen molar-refractivity contribution < 1.29 is 19.7 Å². The van der Waals surface area contributed by atoms with Crippen molar-refractivity contribution >= 4 is 11.8 Å². The van der Waals surface area contributed by atoms with Crippen LogP contribution in [0.15, 0.2) is 72.8 Å². The van der Waals surface area contributed by atoms with Crippen molar-refractivity contribution in [3.05, 3.63) is 95.1 Å². The molecule has 3 aromatic carbocycles. The Morgan fingerprint density at radius 3 is 2.26 bits per heavy atom. The molecule has 0 amide bonds. The van der Waals surface area contributed by atoms with Crippen molar-refractivity contribution in [1.29, 1.82) is 0 Å². The molecule has 6 heteroatoms. The predicted octanol–water partition coefficient (Wildman–Crippen LogP) is 4.82. The molecule has 1 aliphatic heterocycles. The maximum atomic E-state index is 9.40. The summed E-state index contributed by atoms with van der Waals surface area (Å²) in [5.41, 5.74) is 12.2. The minimum Gasteiger partial charge on any atom is -0.396 e. The zero-order valence-corrected chi connectivity index (χ0v) is 20.3. The normalized spacial score (nSPS) is 22.6. The highest BCUT2D eigenvalue weighted by molar-refractivity contribution is 7.99. The summed E-state index contributed by atoms with van der Waals surface area (Å²) in [5, 5.41) is 18.6. The van der Waals surface area contributed by atoms with E-state index in [1.807, 2.05) is 36.4 Å². The molecule has 1 aliphatic rings. The number of nitrogens with two attached hydrogens (primary N) is 1. The molecule has 1 heterocycles. The standard InChI is InChI=1S/C28H33NO4S/c1-19-26(18-34-15-14-30)32-28(33-27(19)22-8-6-20(17-31)7-9-22)23-12-10-21(11-13-23)25-5-3-2-4-24(25)16-29/h2-13,19,26-28,30-31H,14-18,29H2,1H3/t19-,26+,27+,28+/m0/s1. The summed E-state index contributed by atoms with van der Waals surface area (Å²) >= 11 is 1.69. The number of ether oxygens (including phenoxy) is 2. The Labute approximate surface area is 205 Å². The minimum absolute atomic E-state index is 0.0181. The summed E-state index contributed by atoms with van der Waals surface area (Å²) in [6.07, 6.45) is -0.642. The molecule has 4 rings (SSSR count). The van der Waals surface area contributed by atoms with Crippen molar-refractivity contribution in [2.45, 2.75) is 38.6 Å². The molecule has 1 saturated heterocycles. The topological polar surface area (TPSA) is 84.9 Å². The van der Waals surface area contributed by atoms with Crippen LogP contribution in [-0.2, 0) is 22.6 Å². The van der Waals surface area contributed by atoms with Crippen LogP contribution in [0.5, 0.6) is 0 Å². The van der Waals surface area contributed by atoms with Crippen LogP contribution in [0.3, 0.4) is 0 Å². The molecule has 180 valence electrons. The maximum Gasteiger partial charge on any atom is 0.184 e. The van der Waals surface area contributed by atoms with E-state index in [1.54, 1.807) is 11.8 Å². The third-order valence-electron chi connectivity index (χ3n) is 6.37. The molecule has 1 fully saturated rings. The van der Waals surface area contributed by atoms with E-state index in [9.17, 15) is 10.2 Å². The maximum absolute atomic E-state index is 9.40. The van der Waals surface area contributed by atoms with Crippen LogP contribution < -0.4 is 5.73 Å². The second-order valence-electron chi connectivity index (χ2n) is 8.60. The van der Waals surface area contributed by atoms with Crippen molar-refractivity contribution in [1.82, 2.24) is 0 Å². The van der Waals surface area contributed by atoms with Gasteiger partial charge in [-0.3, -0.25) is 0 Å². The molecule has 34 heavy (non-hydrogen) atoms. The van der Waals surface area contributed by atoms with Gasteiger partial charge < -0.3 is 25.4 Å². The first-order valence-corrected chi connectivity index (χ1v) is 12.9. The lowest BCUT2D eigenvalue weighted by atomic mass is 9.91. The zero-order chi connectivity index (χ0) is 23.9. The van der Waals surface area contributed by atoms with Gasteiger partial charge in [0, 0.05) is 29.5 Å². The van der Waals surface area contributed by atoms with E-state index >= 15 is 0 Å². The Kier molecular flexibility index (Phi) is 8.78. The van der Waals surface area contributed by atoms with Gasteiger partial charge in [-0.1, -0.05) is 79.7 Å². The SMILES string of the molecule is C[C@H]1[C@@H](CSCCO)O[C@@H](c2ccc(-c3ccccc3CN)cc2)O[C@H]1c1ccc(CO)cc1. The molecule has 0 radical (unpaired) electrons. The molecule has 0 aliphatic carbocycles. The summed E-state index contributed by atoms with van der Waals surface area (Å²) in [6.45, 7) is 2.82. The van der Waals surface area contributed by atoms with E-state index in [0.29, 0.717) is 12.3 Å². The molecule has 0 bridgehead atoms. The molecule has 4 atom stereocenters.